The summed E-state index contributed by atoms with van der Waals surface area (Å²) >= 11 is 0. The Kier molecular flexibility index (Phi) is 4.97. The number of hydrogen-bond acceptors (Lipinski definition) is 3. The van der Waals surface area contributed by atoms with Crippen molar-refractivity contribution in [2.45, 2.75) is 32.9 Å². The van der Waals surface area contributed by atoms with E-state index in [0.717, 1.165) is 26.2 Å². The van der Waals surface area contributed by atoms with E-state index in [1.807, 2.05) is 7.05 Å². The lowest BCUT2D eigenvalue weighted by Crippen LogP contribution is -2.47. The van der Waals surface area contributed by atoms with Crippen molar-refractivity contribution in [3.63, 3.8) is 0 Å². The van der Waals surface area contributed by atoms with E-state index in [9.17, 15) is 0 Å². The van der Waals surface area contributed by atoms with Crippen LogP contribution in [0.25, 0.3) is 0 Å². The summed E-state index contributed by atoms with van der Waals surface area (Å²) in [7, 11) is 2.03. The van der Waals surface area contributed by atoms with Crippen LogP contribution < -0.4 is 5.32 Å². The number of benzene rings is 1. The van der Waals surface area contributed by atoms with Gasteiger partial charge in [0.05, 0.1) is 18.8 Å². The molecule has 1 fully saturated rings. The molecule has 106 valence electrons. The maximum absolute atomic E-state index is 6.01. The molecule has 3 heteroatoms. The minimum absolute atomic E-state index is 0.235. The molecular formula is C16H26N2O. The molecule has 0 aliphatic carbocycles. The standard InChI is InChI=1S/C16H26N2O/c1-5-18-9-10-19-15(11-18)16(17-4)14-8-6-7-12(2)13(14)3/h6-8,15-17H,5,9-11H2,1-4H3. The van der Waals surface area contributed by atoms with Crippen LogP contribution in [0.3, 0.4) is 0 Å². The summed E-state index contributed by atoms with van der Waals surface area (Å²) in [4.78, 5) is 2.46. The topological polar surface area (TPSA) is 24.5 Å². The number of hydrogen-bond donors (Lipinski definition) is 1. The van der Waals surface area contributed by atoms with Crippen molar-refractivity contribution < 1.29 is 4.74 Å². The number of nitrogens with one attached hydrogen (secondary N) is 1. The predicted octanol–water partition coefficient (Wildman–Crippen LogP) is 2.28. The lowest BCUT2D eigenvalue weighted by Gasteiger charge is -2.37. The average Bonchev–Trinajstić information content (AvgIpc) is 2.44. The molecule has 1 aliphatic rings. The molecule has 1 aliphatic heterocycles. The fourth-order valence-electron chi connectivity index (χ4n) is 2.87. The first-order valence-corrected chi connectivity index (χ1v) is 7.24. The zero-order valence-corrected chi connectivity index (χ0v) is 12.6. The van der Waals surface area contributed by atoms with Gasteiger partial charge in [-0.25, -0.2) is 0 Å². The van der Waals surface area contributed by atoms with Crippen molar-refractivity contribution in [3.8, 4) is 0 Å². The number of ether oxygens (including phenoxy) is 1. The Morgan fingerprint density at radius 3 is 2.89 bits per heavy atom. The van der Waals surface area contributed by atoms with E-state index in [4.69, 9.17) is 4.74 Å². The second kappa shape index (κ2) is 6.51. The molecule has 0 radical (unpaired) electrons. The molecule has 1 N–H and O–H groups in total. The van der Waals surface area contributed by atoms with Crippen LogP contribution in [-0.4, -0.2) is 44.3 Å². The van der Waals surface area contributed by atoms with Gasteiger partial charge in [-0.05, 0) is 44.1 Å². The van der Waals surface area contributed by atoms with E-state index >= 15 is 0 Å². The minimum atomic E-state index is 0.235. The van der Waals surface area contributed by atoms with Crippen LogP contribution in [0.15, 0.2) is 18.2 Å². The van der Waals surface area contributed by atoms with Crippen LogP contribution in [0.5, 0.6) is 0 Å². The van der Waals surface area contributed by atoms with Crippen molar-refractivity contribution in [2.75, 3.05) is 33.3 Å². The summed E-state index contributed by atoms with van der Waals surface area (Å²) in [5.41, 5.74) is 4.09. The summed E-state index contributed by atoms with van der Waals surface area (Å²) in [5.74, 6) is 0. The zero-order valence-electron chi connectivity index (χ0n) is 12.6. The van der Waals surface area contributed by atoms with E-state index in [2.05, 4.69) is 49.2 Å². The van der Waals surface area contributed by atoms with Crippen molar-refractivity contribution in [1.82, 2.24) is 10.2 Å². The SMILES string of the molecule is CCN1CCOC(C(NC)c2cccc(C)c2C)C1. The maximum Gasteiger partial charge on any atom is 0.0896 e. The summed E-state index contributed by atoms with van der Waals surface area (Å²) in [6.07, 6.45) is 0.235. The van der Waals surface area contributed by atoms with E-state index in [0.29, 0.717) is 0 Å². The molecule has 3 nitrogen and oxygen atoms in total. The number of aryl methyl sites for hydroxylation is 1. The molecule has 1 saturated heterocycles. The number of nitrogens with zero attached hydrogens (tertiary/aromatic N) is 1. The normalized spacial score (nSPS) is 22.4. The van der Waals surface area contributed by atoms with Gasteiger partial charge in [0, 0.05) is 13.1 Å². The highest BCUT2D eigenvalue weighted by molar-refractivity contribution is 5.36. The third kappa shape index (κ3) is 3.16. The Morgan fingerprint density at radius 1 is 1.42 bits per heavy atom. The van der Waals surface area contributed by atoms with Gasteiger partial charge >= 0.3 is 0 Å². The molecule has 2 unspecified atom stereocenters. The fourth-order valence-corrected chi connectivity index (χ4v) is 2.87. The molecule has 1 heterocycles. The van der Waals surface area contributed by atoms with Gasteiger partial charge in [0.1, 0.15) is 0 Å². The fraction of sp³-hybridized carbons (Fsp3) is 0.625. The molecule has 19 heavy (non-hydrogen) atoms. The Bertz CT molecular complexity index is 419. The van der Waals surface area contributed by atoms with Crippen molar-refractivity contribution in [1.29, 1.82) is 0 Å². The van der Waals surface area contributed by atoms with Gasteiger partial charge in [-0.15, -0.1) is 0 Å². The summed E-state index contributed by atoms with van der Waals surface area (Å²) in [6.45, 7) is 10.6. The quantitative estimate of drug-likeness (QED) is 0.901. The van der Waals surface area contributed by atoms with E-state index in [1.54, 1.807) is 0 Å². The largest absolute Gasteiger partial charge is 0.374 e. The number of morpholine rings is 1. The monoisotopic (exact) mass is 262 g/mol. The van der Waals surface area contributed by atoms with E-state index < -0.39 is 0 Å². The van der Waals surface area contributed by atoms with Gasteiger partial charge in [-0.3, -0.25) is 4.90 Å². The van der Waals surface area contributed by atoms with Gasteiger partial charge in [-0.1, -0.05) is 25.1 Å². The van der Waals surface area contributed by atoms with Crippen molar-refractivity contribution in [3.05, 3.63) is 34.9 Å². The molecule has 0 spiro atoms. The van der Waals surface area contributed by atoms with Crippen LogP contribution >= 0.6 is 0 Å². The Hall–Kier alpha value is -0.900. The molecule has 2 atom stereocenters. The van der Waals surface area contributed by atoms with Crippen molar-refractivity contribution >= 4 is 0 Å². The minimum Gasteiger partial charge on any atom is -0.374 e. The molecular weight excluding hydrogens is 236 g/mol. The molecule has 0 saturated carbocycles. The smallest absolute Gasteiger partial charge is 0.0896 e. The van der Waals surface area contributed by atoms with Gasteiger partial charge in [0.2, 0.25) is 0 Å². The summed E-state index contributed by atoms with van der Waals surface area (Å²) in [5, 5.41) is 3.45. The molecule has 1 aromatic carbocycles. The molecule has 0 aromatic heterocycles. The van der Waals surface area contributed by atoms with Crippen LogP contribution in [0.4, 0.5) is 0 Å². The van der Waals surface area contributed by atoms with Crippen LogP contribution in [0.2, 0.25) is 0 Å². The van der Waals surface area contributed by atoms with Crippen LogP contribution in [0.1, 0.15) is 29.7 Å². The Morgan fingerprint density at radius 2 is 2.21 bits per heavy atom. The molecule has 0 bridgehead atoms. The first-order valence-electron chi connectivity index (χ1n) is 7.24. The maximum atomic E-state index is 6.01. The number of rotatable bonds is 4. The van der Waals surface area contributed by atoms with Crippen LogP contribution in [0, 0.1) is 13.8 Å². The van der Waals surface area contributed by atoms with Gasteiger partial charge in [-0.2, -0.15) is 0 Å². The first kappa shape index (κ1) is 14.5. The van der Waals surface area contributed by atoms with Crippen molar-refractivity contribution in [2.24, 2.45) is 0 Å². The Balaban J connectivity index is 2.21. The lowest BCUT2D eigenvalue weighted by molar-refractivity contribution is -0.0445. The van der Waals surface area contributed by atoms with E-state index in [-0.39, 0.29) is 12.1 Å². The number of likely N-dealkylation sites (N-methyl/N-ethyl adjacent to an activating group) is 2. The van der Waals surface area contributed by atoms with E-state index in [1.165, 1.54) is 16.7 Å². The average molecular weight is 262 g/mol. The third-order valence-corrected chi connectivity index (χ3v) is 4.29. The molecule has 2 rings (SSSR count). The summed E-state index contributed by atoms with van der Waals surface area (Å²) < 4.78 is 6.01. The predicted molar refractivity (Wildman–Crippen MR) is 79.6 cm³/mol. The lowest BCUT2D eigenvalue weighted by atomic mass is 9.93. The third-order valence-electron chi connectivity index (χ3n) is 4.29. The second-order valence-electron chi connectivity index (χ2n) is 5.36. The second-order valence-corrected chi connectivity index (χ2v) is 5.36. The molecule has 0 amide bonds. The molecule has 1 aromatic rings. The zero-order chi connectivity index (χ0) is 13.8. The Labute approximate surface area is 116 Å². The van der Waals surface area contributed by atoms with Crippen LogP contribution in [-0.2, 0) is 4.74 Å². The first-order chi connectivity index (χ1) is 9.17. The highest BCUT2D eigenvalue weighted by atomic mass is 16.5. The highest BCUT2D eigenvalue weighted by Crippen LogP contribution is 2.26. The van der Waals surface area contributed by atoms with Gasteiger partial charge in [0.15, 0.2) is 0 Å². The van der Waals surface area contributed by atoms with Gasteiger partial charge in [0.25, 0.3) is 0 Å². The highest BCUT2D eigenvalue weighted by Gasteiger charge is 2.28. The summed E-state index contributed by atoms with van der Waals surface area (Å²) in [6, 6.07) is 6.81. The van der Waals surface area contributed by atoms with Gasteiger partial charge < -0.3 is 10.1 Å².